The quantitative estimate of drug-likeness (QED) is 0.720. The summed E-state index contributed by atoms with van der Waals surface area (Å²) in [5.74, 6) is -1.83. The van der Waals surface area contributed by atoms with Gasteiger partial charge in [-0.25, -0.2) is 0 Å². The highest BCUT2D eigenvalue weighted by Gasteiger charge is 2.41. The summed E-state index contributed by atoms with van der Waals surface area (Å²) in [6.07, 6.45) is 4.70. The Morgan fingerprint density at radius 1 is 1.16 bits per heavy atom. The number of aliphatic carboxylic acids is 1. The Balaban J connectivity index is 2.75. The molecule has 0 aromatic heterocycles. The predicted octanol–water partition coefficient (Wildman–Crippen LogP) is 0.745. The van der Waals surface area contributed by atoms with Crippen LogP contribution in [-0.4, -0.2) is 41.4 Å². The van der Waals surface area contributed by atoms with Gasteiger partial charge in [0, 0.05) is 13.5 Å². The van der Waals surface area contributed by atoms with E-state index in [1.807, 2.05) is 0 Å². The van der Waals surface area contributed by atoms with Gasteiger partial charge in [-0.2, -0.15) is 0 Å². The van der Waals surface area contributed by atoms with Crippen molar-refractivity contribution in [1.82, 2.24) is 4.90 Å². The lowest BCUT2D eigenvalue weighted by atomic mass is 9.77. The average molecular weight is 270 g/mol. The maximum absolute atomic E-state index is 12.0. The van der Waals surface area contributed by atoms with Crippen LogP contribution in [0.25, 0.3) is 0 Å². The molecular weight excluding hydrogens is 248 g/mol. The minimum atomic E-state index is -0.973. The molecule has 0 heterocycles. The predicted molar refractivity (Wildman–Crippen MR) is 69.2 cm³/mol. The molecule has 0 bridgehead atoms. The summed E-state index contributed by atoms with van der Waals surface area (Å²) >= 11 is 0. The van der Waals surface area contributed by atoms with E-state index in [4.69, 9.17) is 5.73 Å². The van der Waals surface area contributed by atoms with Gasteiger partial charge in [0.2, 0.25) is 11.8 Å². The molecule has 108 valence electrons. The number of carbonyl (C=O) groups excluding carboxylic acids is 2. The molecule has 0 atom stereocenters. The second-order valence-electron chi connectivity index (χ2n) is 5.39. The first-order valence-electron chi connectivity index (χ1n) is 6.63. The second-order valence-corrected chi connectivity index (χ2v) is 5.39. The number of rotatable bonds is 5. The molecule has 0 saturated heterocycles. The molecule has 19 heavy (non-hydrogen) atoms. The van der Waals surface area contributed by atoms with Crippen molar-refractivity contribution in [2.24, 2.45) is 11.1 Å². The van der Waals surface area contributed by atoms with Gasteiger partial charge in [-0.3, -0.25) is 14.4 Å². The minimum Gasteiger partial charge on any atom is -0.481 e. The van der Waals surface area contributed by atoms with Crippen molar-refractivity contribution < 1.29 is 19.5 Å². The minimum absolute atomic E-state index is 0.0495. The lowest BCUT2D eigenvalue weighted by Gasteiger charge is -2.29. The second kappa shape index (κ2) is 6.54. The molecule has 2 amide bonds. The van der Waals surface area contributed by atoms with Gasteiger partial charge >= 0.3 is 5.97 Å². The number of nitrogens with two attached hydrogens (primary N) is 1. The highest BCUT2D eigenvalue weighted by molar-refractivity contribution is 5.87. The molecule has 1 saturated carbocycles. The van der Waals surface area contributed by atoms with Gasteiger partial charge < -0.3 is 15.7 Å². The fourth-order valence-corrected chi connectivity index (χ4v) is 2.62. The Hall–Kier alpha value is -1.59. The van der Waals surface area contributed by atoms with Crippen LogP contribution >= 0.6 is 0 Å². The molecule has 6 nitrogen and oxygen atoms in total. The fourth-order valence-electron chi connectivity index (χ4n) is 2.62. The standard InChI is InChI=1S/C13H22N2O4/c1-15(9-10(14)16)11(17)8-13(12(18)19)6-4-2-3-5-7-13/h2-9H2,1H3,(H2,14,16)(H,18,19). The van der Waals surface area contributed by atoms with Crippen molar-refractivity contribution in [3.8, 4) is 0 Å². The smallest absolute Gasteiger partial charge is 0.310 e. The number of hydrogen-bond donors (Lipinski definition) is 2. The van der Waals surface area contributed by atoms with Gasteiger partial charge in [-0.15, -0.1) is 0 Å². The SMILES string of the molecule is CN(CC(N)=O)C(=O)CC1(C(=O)O)CCCCCC1. The Kier molecular flexibility index (Phi) is 5.32. The highest BCUT2D eigenvalue weighted by atomic mass is 16.4. The van der Waals surface area contributed by atoms with Gasteiger partial charge in [0.15, 0.2) is 0 Å². The van der Waals surface area contributed by atoms with E-state index < -0.39 is 17.3 Å². The van der Waals surface area contributed by atoms with Crippen LogP contribution in [0.2, 0.25) is 0 Å². The summed E-state index contributed by atoms with van der Waals surface area (Å²) in [5.41, 5.74) is 4.06. The summed E-state index contributed by atoms with van der Waals surface area (Å²) in [6, 6.07) is 0. The number of carbonyl (C=O) groups is 3. The van der Waals surface area contributed by atoms with Crippen LogP contribution in [0.4, 0.5) is 0 Å². The summed E-state index contributed by atoms with van der Waals surface area (Å²) in [7, 11) is 1.47. The molecule has 0 aromatic carbocycles. The van der Waals surface area contributed by atoms with Crippen molar-refractivity contribution in [2.45, 2.75) is 44.9 Å². The average Bonchev–Trinajstić information content (AvgIpc) is 2.54. The number of nitrogens with zero attached hydrogens (tertiary/aromatic N) is 1. The van der Waals surface area contributed by atoms with Crippen molar-refractivity contribution >= 4 is 17.8 Å². The van der Waals surface area contributed by atoms with E-state index in [0.717, 1.165) is 25.7 Å². The van der Waals surface area contributed by atoms with E-state index in [1.54, 1.807) is 0 Å². The van der Waals surface area contributed by atoms with Crippen LogP contribution in [0.15, 0.2) is 0 Å². The Morgan fingerprint density at radius 3 is 2.11 bits per heavy atom. The van der Waals surface area contributed by atoms with E-state index in [2.05, 4.69) is 0 Å². The molecule has 1 rings (SSSR count). The van der Waals surface area contributed by atoms with Crippen LogP contribution < -0.4 is 5.73 Å². The Bertz CT molecular complexity index is 360. The molecule has 6 heteroatoms. The largest absolute Gasteiger partial charge is 0.481 e. The van der Waals surface area contributed by atoms with Crippen molar-refractivity contribution in [3.63, 3.8) is 0 Å². The molecule has 0 aromatic rings. The zero-order chi connectivity index (χ0) is 14.5. The number of amides is 2. The number of likely N-dealkylation sites (N-methyl/N-ethyl adjacent to an activating group) is 1. The first-order valence-corrected chi connectivity index (χ1v) is 6.63. The number of carboxylic acid groups (broad SMARTS) is 1. The van der Waals surface area contributed by atoms with Crippen molar-refractivity contribution in [2.75, 3.05) is 13.6 Å². The first-order chi connectivity index (χ1) is 8.87. The molecule has 0 radical (unpaired) electrons. The summed E-state index contributed by atoms with van der Waals surface area (Å²) in [5, 5.41) is 9.46. The van der Waals surface area contributed by atoms with E-state index >= 15 is 0 Å². The van der Waals surface area contributed by atoms with Gasteiger partial charge in [0.25, 0.3) is 0 Å². The molecule has 1 aliphatic rings. The zero-order valence-corrected chi connectivity index (χ0v) is 11.4. The lowest BCUT2D eigenvalue weighted by Crippen LogP contribution is -2.41. The molecule has 0 aliphatic heterocycles. The normalized spacial score (nSPS) is 18.4. The van der Waals surface area contributed by atoms with Crippen LogP contribution in [0.5, 0.6) is 0 Å². The summed E-state index contributed by atoms with van der Waals surface area (Å²) in [4.78, 5) is 35.6. The number of primary amides is 1. The molecule has 0 unspecified atom stereocenters. The van der Waals surface area contributed by atoms with E-state index in [-0.39, 0.29) is 18.9 Å². The van der Waals surface area contributed by atoms with Crippen LogP contribution in [0, 0.1) is 5.41 Å². The molecule has 1 aliphatic carbocycles. The van der Waals surface area contributed by atoms with E-state index in [1.165, 1.54) is 11.9 Å². The van der Waals surface area contributed by atoms with Gasteiger partial charge in [-0.1, -0.05) is 25.7 Å². The topological polar surface area (TPSA) is 101 Å². The maximum atomic E-state index is 12.0. The number of carboxylic acids is 1. The Morgan fingerprint density at radius 2 is 1.68 bits per heavy atom. The molecule has 3 N–H and O–H groups in total. The molecule has 1 fully saturated rings. The lowest BCUT2D eigenvalue weighted by molar-refractivity contribution is -0.154. The van der Waals surface area contributed by atoms with Crippen molar-refractivity contribution in [1.29, 1.82) is 0 Å². The first kappa shape index (κ1) is 15.5. The van der Waals surface area contributed by atoms with Crippen LogP contribution in [-0.2, 0) is 14.4 Å². The summed E-state index contributed by atoms with van der Waals surface area (Å²) < 4.78 is 0. The third-order valence-electron chi connectivity index (χ3n) is 3.82. The van der Waals surface area contributed by atoms with Gasteiger partial charge in [0.05, 0.1) is 12.0 Å². The van der Waals surface area contributed by atoms with Crippen molar-refractivity contribution in [3.05, 3.63) is 0 Å². The van der Waals surface area contributed by atoms with E-state index in [9.17, 15) is 19.5 Å². The number of hydrogen-bond acceptors (Lipinski definition) is 3. The molecular formula is C13H22N2O4. The molecule has 0 spiro atoms. The third kappa shape index (κ3) is 4.22. The van der Waals surface area contributed by atoms with E-state index in [0.29, 0.717) is 12.8 Å². The fraction of sp³-hybridized carbons (Fsp3) is 0.769. The Labute approximate surface area is 112 Å². The monoisotopic (exact) mass is 270 g/mol. The van der Waals surface area contributed by atoms with Crippen LogP contribution in [0.1, 0.15) is 44.9 Å². The van der Waals surface area contributed by atoms with Gasteiger partial charge in [-0.05, 0) is 12.8 Å². The van der Waals surface area contributed by atoms with Crippen LogP contribution in [0.3, 0.4) is 0 Å². The summed E-state index contributed by atoms with van der Waals surface area (Å²) in [6.45, 7) is -0.172. The third-order valence-corrected chi connectivity index (χ3v) is 3.82. The maximum Gasteiger partial charge on any atom is 0.310 e. The highest BCUT2D eigenvalue weighted by Crippen LogP contribution is 2.38. The van der Waals surface area contributed by atoms with Gasteiger partial charge in [0.1, 0.15) is 0 Å². The zero-order valence-electron chi connectivity index (χ0n) is 11.4.